The molecule has 0 spiro atoms. The molecule has 3 rings (SSSR count). The van der Waals surface area contributed by atoms with Gasteiger partial charge in [0.1, 0.15) is 12.4 Å². The van der Waals surface area contributed by atoms with E-state index in [0.29, 0.717) is 11.5 Å². The average molecular weight is 384 g/mol. The Hall–Kier alpha value is -3.35. The Kier molecular flexibility index (Phi) is 5.93. The number of benzene rings is 2. The second-order valence-electron chi connectivity index (χ2n) is 6.32. The first-order chi connectivity index (χ1) is 13.5. The first-order valence-electron chi connectivity index (χ1n) is 8.74. The van der Waals surface area contributed by atoms with Gasteiger partial charge in [0.25, 0.3) is 0 Å². The fraction of sp³-hybridized carbons (Fsp3) is 0.238. The Labute approximate surface area is 162 Å². The molecule has 0 unspecified atom stereocenters. The summed E-state index contributed by atoms with van der Waals surface area (Å²) in [7, 11) is 3.09. The molecule has 1 heterocycles. The second-order valence-corrected chi connectivity index (χ2v) is 6.32. The van der Waals surface area contributed by atoms with Crippen LogP contribution < -0.4 is 14.8 Å². The van der Waals surface area contributed by atoms with E-state index >= 15 is 0 Å². The molecule has 0 saturated carbocycles. The van der Waals surface area contributed by atoms with Crippen LogP contribution in [0.3, 0.4) is 0 Å². The third-order valence-electron chi connectivity index (χ3n) is 4.46. The summed E-state index contributed by atoms with van der Waals surface area (Å²) in [4.78, 5) is 26.2. The summed E-state index contributed by atoms with van der Waals surface area (Å²) in [5.74, 6) is 0.294. The Morgan fingerprint density at radius 3 is 2.50 bits per heavy atom. The highest BCUT2D eigenvalue weighted by molar-refractivity contribution is 5.89. The van der Waals surface area contributed by atoms with E-state index in [4.69, 9.17) is 9.47 Å². The van der Waals surface area contributed by atoms with Crippen LogP contribution in [0.1, 0.15) is 16.7 Å². The minimum absolute atomic E-state index is 0.0984. The number of hydrogen-bond donors (Lipinski definition) is 1. The fourth-order valence-electron chi connectivity index (χ4n) is 2.92. The molecule has 28 heavy (non-hydrogen) atoms. The maximum absolute atomic E-state index is 12.9. The Bertz CT molecular complexity index is 909. The minimum atomic E-state index is -0.330. The fourth-order valence-corrected chi connectivity index (χ4v) is 2.92. The lowest BCUT2D eigenvalue weighted by Gasteiger charge is -2.17. The predicted octanol–water partition coefficient (Wildman–Crippen LogP) is 2.51. The van der Waals surface area contributed by atoms with Crippen molar-refractivity contribution in [1.29, 1.82) is 0 Å². The van der Waals surface area contributed by atoms with E-state index in [-0.39, 0.29) is 37.1 Å². The molecule has 2 aromatic carbocycles. The van der Waals surface area contributed by atoms with Crippen molar-refractivity contribution in [3.63, 3.8) is 0 Å². The molecule has 0 bridgehead atoms. The van der Waals surface area contributed by atoms with Crippen LogP contribution in [-0.4, -0.2) is 37.5 Å². The lowest BCUT2D eigenvalue weighted by atomic mass is 10.0. The number of hydrogen-bond acceptors (Lipinski definition) is 4. The van der Waals surface area contributed by atoms with Crippen molar-refractivity contribution >= 4 is 17.9 Å². The number of carbonyl (C=O) groups is 2. The molecular formula is C21H21FN2O4. The van der Waals surface area contributed by atoms with Crippen LogP contribution in [0, 0.1) is 5.82 Å². The largest absolute Gasteiger partial charge is 0.493 e. The maximum Gasteiger partial charge on any atom is 0.240 e. The number of fused-ring (bicyclic) bond motifs is 1. The number of rotatable bonds is 6. The number of ether oxygens (including phenoxy) is 2. The molecule has 0 radical (unpaired) electrons. The van der Waals surface area contributed by atoms with E-state index in [1.54, 1.807) is 43.7 Å². The molecule has 7 heteroatoms. The van der Waals surface area contributed by atoms with Gasteiger partial charge >= 0.3 is 0 Å². The third-order valence-corrected chi connectivity index (χ3v) is 4.46. The van der Waals surface area contributed by atoms with Crippen molar-refractivity contribution in [3.05, 3.63) is 65.1 Å². The van der Waals surface area contributed by atoms with Gasteiger partial charge < -0.3 is 19.7 Å². The average Bonchev–Trinajstić information content (AvgIpc) is 2.84. The lowest BCUT2D eigenvalue weighted by Crippen LogP contribution is -2.37. The standard InChI is InChI=1S/C21H21FN2O4/c1-27-18-9-15-7-8-24(21(26)11-16(15)10-19(18)28-2)13-20(25)23-12-14-3-5-17(22)6-4-14/h3-10H,11-13H2,1-2H3,(H,23,25). The Morgan fingerprint density at radius 1 is 1.14 bits per heavy atom. The second kappa shape index (κ2) is 8.56. The van der Waals surface area contributed by atoms with Crippen LogP contribution in [0.2, 0.25) is 0 Å². The van der Waals surface area contributed by atoms with E-state index in [1.807, 2.05) is 0 Å². The van der Waals surface area contributed by atoms with Crippen LogP contribution in [-0.2, 0) is 22.6 Å². The first kappa shape index (κ1) is 19.4. The molecule has 1 N–H and O–H groups in total. The normalized spacial score (nSPS) is 13.0. The van der Waals surface area contributed by atoms with Crippen LogP contribution in [0.4, 0.5) is 4.39 Å². The van der Waals surface area contributed by atoms with Gasteiger partial charge in [-0.15, -0.1) is 0 Å². The molecule has 1 aliphatic heterocycles. The lowest BCUT2D eigenvalue weighted by molar-refractivity contribution is -0.132. The highest BCUT2D eigenvalue weighted by atomic mass is 19.1. The molecular weight excluding hydrogens is 363 g/mol. The summed E-state index contributed by atoms with van der Waals surface area (Å²) in [5.41, 5.74) is 2.41. The number of halogens is 1. The van der Waals surface area contributed by atoms with Gasteiger partial charge in [-0.25, -0.2) is 4.39 Å². The van der Waals surface area contributed by atoms with Gasteiger partial charge in [0.2, 0.25) is 11.8 Å². The summed E-state index contributed by atoms with van der Waals surface area (Å²) in [6, 6.07) is 9.45. The number of carbonyl (C=O) groups excluding carboxylic acids is 2. The van der Waals surface area contributed by atoms with E-state index in [2.05, 4.69) is 5.32 Å². The number of methoxy groups -OCH3 is 2. The smallest absolute Gasteiger partial charge is 0.240 e. The van der Waals surface area contributed by atoms with Gasteiger partial charge in [-0.05, 0) is 47.0 Å². The molecule has 1 aliphatic rings. The maximum atomic E-state index is 12.9. The molecule has 0 fully saturated rings. The molecule has 6 nitrogen and oxygen atoms in total. The third kappa shape index (κ3) is 4.49. The van der Waals surface area contributed by atoms with E-state index in [1.165, 1.54) is 24.1 Å². The molecule has 0 atom stereocenters. The van der Waals surface area contributed by atoms with Crippen molar-refractivity contribution in [2.24, 2.45) is 0 Å². The van der Waals surface area contributed by atoms with E-state index < -0.39 is 0 Å². The van der Waals surface area contributed by atoms with Crippen LogP contribution >= 0.6 is 0 Å². The van der Waals surface area contributed by atoms with Crippen molar-refractivity contribution < 1.29 is 23.5 Å². The van der Waals surface area contributed by atoms with E-state index in [9.17, 15) is 14.0 Å². The predicted molar refractivity (Wildman–Crippen MR) is 102 cm³/mol. The summed E-state index contributed by atoms with van der Waals surface area (Å²) in [6.07, 6.45) is 3.51. The zero-order valence-electron chi connectivity index (χ0n) is 15.7. The molecule has 2 aromatic rings. The van der Waals surface area contributed by atoms with Gasteiger partial charge in [0.15, 0.2) is 11.5 Å². The minimum Gasteiger partial charge on any atom is -0.493 e. The van der Waals surface area contributed by atoms with Crippen molar-refractivity contribution in [2.45, 2.75) is 13.0 Å². The summed E-state index contributed by atoms with van der Waals surface area (Å²) < 4.78 is 23.5. The van der Waals surface area contributed by atoms with Gasteiger partial charge in [-0.1, -0.05) is 12.1 Å². The summed E-state index contributed by atoms with van der Waals surface area (Å²) >= 11 is 0. The molecule has 146 valence electrons. The topological polar surface area (TPSA) is 67.9 Å². The molecule has 0 aromatic heterocycles. The summed E-state index contributed by atoms with van der Waals surface area (Å²) in [6.45, 7) is 0.165. The Morgan fingerprint density at radius 2 is 1.82 bits per heavy atom. The SMILES string of the molecule is COc1cc2c(cc1OC)CC(=O)N(CC(=O)NCc1ccc(F)cc1)C=C2. The van der Waals surface area contributed by atoms with Crippen LogP contribution in [0.5, 0.6) is 11.5 Å². The van der Waals surface area contributed by atoms with Gasteiger partial charge in [-0.3, -0.25) is 9.59 Å². The van der Waals surface area contributed by atoms with Gasteiger partial charge in [0, 0.05) is 12.7 Å². The zero-order chi connectivity index (χ0) is 20.1. The first-order valence-corrected chi connectivity index (χ1v) is 8.74. The highest BCUT2D eigenvalue weighted by Gasteiger charge is 2.21. The van der Waals surface area contributed by atoms with Crippen molar-refractivity contribution in [1.82, 2.24) is 10.2 Å². The molecule has 0 aliphatic carbocycles. The van der Waals surface area contributed by atoms with E-state index in [0.717, 1.165) is 16.7 Å². The van der Waals surface area contributed by atoms with Gasteiger partial charge in [0.05, 0.1) is 20.6 Å². The molecule has 2 amide bonds. The molecule has 0 saturated heterocycles. The number of nitrogens with one attached hydrogen (secondary N) is 1. The summed E-state index contributed by atoms with van der Waals surface area (Å²) in [5, 5.41) is 2.74. The number of amides is 2. The zero-order valence-corrected chi connectivity index (χ0v) is 15.7. The Balaban J connectivity index is 1.66. The number of nitrogens with zero attached hydrogens (tertiary/aromatic N) is 1. The monoisotopic (exact) mass is 384 g/mol. The quantitative estimate of drug-likeness (QED) is 0.831. The van der Waals surface area contributed by atoms with Gasteiger partial charge in [-0.2, -0.15) is 0 Å². The van der Waals surface area contributed by atoms with Crippen LogP contribution in [0.15, 0.2) is 42.6 Å². The van der Waals surface area contributed by atoms with Crippen LogP contribution in [0.25, 0.3) is 6.08 Å². The van der Waals surface area contributed by atoms with Crippen molar-refractivity contribution in [2.75, 3.05) is 20.8 Å². The highest BCUT2D eigenvalue weighted by Crippen LogP contribution is 2.32. The van der Waals surface area contributed by atoms with Crippen molar-refractivity contribution in [3.8, 4) is 11.5 Å².